The molecule has 0 radical (unpaired) electrons. The summed E-state index contributed by atoms with van der Waals surface area (Å²) in [5, 5.41) is 6.12. The van der Waals surface area contributed by atoms with Gasteiger partial charge in [0.05, 0.1) is 6.61 Å². The molecular formula is C22H33NO. The van der Waals surface area contributed by atoms with Gasteiger partial charge in [0.15, 0.2) is 0 Å². The van der Waals surface area contributed by atoms with E-state index in [0.717, 1.165) is 31.2 Å². The van der Waals surface area contributed by atoms with Crippen molar-refractivity contribution in [1.82, 2.24) is 5.32 Å². The van der Waals surface area contributed by atoms with Crippen molar-refractivity contribution in [2.45, 2.75) is 52.4 Å². The average Bonchev–Trinajstić information content (AvgIpc) is 2.63. The van der Waals surface area contributed by atoms with Crippen LogP contribution in [-0.4, -0.2) is 19.7 Å². The summed E-state index contributed by atoms with van der Waals surface area (Å²) in [4.78, 5) is 0. The van der Waals surface area contributed by atoms with Gasteiger partial charge in [-0.3, -0.25) is 0 Å². The number of nitrogens with one attached hydrogen (secondary N) is 1. The molecule has 0 amide bonds. The van der Waals surface area contributed by atoms with Crippen molar-refractivity contribution in [2.75, 3.05) is 19.7 Å². The average molecular weight is 328 g/mol. The van der Waals surface area contributed by atoms with Crippen molar-refractivity contribution >= 4 is 10.8 Å². The molecule has 2 aromatic rings. The minimum Gasteiger partial charge on any atom is -0.494 e. The Morgan fingerprint density at radius 3 is 2.58 bits per heavy atom. The Kier molecular flexibility index (Phi) is 8.69. The summed E-state index contributed by atoms with van der Waals surface area (Å²) in [6.45, 7) is 7.65. The van der Waals surface area contributed by atoms with Gasteiger partial charge in [-0.25, -0.2) is 0 Å². The van der Waals surface area contributed by atoms with Gasteiger partial charge >= 0.3 is 0 Å². The van der Waals surface area contributed by atoms with Crippen LogP contribution in [0.1, 0.15) is 52.4 Å². The monoisotopic (exact) mass is 327 g/mol. The molecule has 0 aromatic heterocycles. The summed E-state index contributed by atoms with van der Waals surface area (Å²) in [5.74, 6) is 1.83. The second kappa shape index (κ2) is 11.1. The van der Waals surface area contributed by atoms with E-state index in [2.05, 4.69) is 61.6 Å². The van der Waals surface area contributed by atoms with Crippen molar-refractivity contribution in [3.8, 4) is 5.75 Å². The van der Waals surface area contributed by atoms with E-state index in [0.29, 0.717) is 0 Å². The van der Waals surface area contributed by atoms with Crippen molar-refractivity contribution in [3.05, 3.63) is 42.5 Å². The van der Waals surface area contributed by atoms with E-state index < -0.39 is 0 Å². The van der Waals surface area contributed by atoms with Gasteiger partial charge in [0, 0.05) is 0 Å². The first-order chi connectivity index (χ1) is 11.8. The van der Waals surface area contributed by atoms with Crippen LogP contribution in [0.4, 0.5) is 0 Å². The van der Waals surface area contributed by atoms with E-state index in [1.807, 2.05) is 0 Å². The van der Waals surface area contributed by atoms with E-state index in [4.69, 9.17) is 4.74 Å². The summed E-state index contributed by atoms with van der Waals surface area (Å²) in [6, 6.07) is 14.7. The second-order valence-electron chi connectivity index (χ2n) is 6.69. The molecule has 0 saturated carbocycles. The summed E-state index contributed by atoms with van der Waals surface area (Å²) >= 11 is 0. The van der Waals surface area contributed by atoms with Crippen LogP contribution in [-0.2, 0) is 0 Å². The molecule has 0 aliphatic rings. The molecule has 24 heavy (non-hydrogen) atoms. The Morgan fingerprint density at radius 1 is 0.958 bits per heavy atom. The molecule has 2 aromatic carbocycles. The van der Waals surface area contributed by atoms with Crippen molar-refractivity contribution in [2.24, 2.45) is 5.92 Å². The van der Waals surface area contributed by atoms with Crippen molar-refractivity contribution in [1.29, 1.82) is 0 Å². The largest absolute Gasteiger partial charge is 0.494 e. The molecule has 2 heteroatoms. The quantitative estimate of drug-likeness (QED) is 0.497. The van der Waals surface area contributed by atoms with Gasteiger partial charge in [0.1, 0.15) is 5.75 Å². The van der Waals surface area contributed by atoms with Crippen LogP contribution < -0.4 is 10.1 Å². The highest BCUT2D eigenvalue weighted by Gasteiger charge is 2.04. The van der Waals surface area contributed by atoms with Crippen LogP contribution in [0.2, 0.25) is 0 Å². The highest BCUT2D eigenvalue weighted by Crippen LogP contribution is 2.20. The smallest absolute Gasteiger partial charge is 0.119 e. The fourth-order valence-corrected chi connectivity index (χ4v) is 3.05. The van der Waals surface area contributed by atoms with Gasteiger partial charge in [-0.15, -0.1) is 0 Å². The number of unbranched alkanes of at least 4 members (excludes halogenated alkanes) is 2. The van der Waals surface area contributed by atoms with E-state index >= 15 is 0 Å². The minimum atomic E-state index is 0.799. The zero-order chi connectivity index (χ0) is 17.0. The lowest BCUT2D eigenvalue weighted by Crippen LogP contribution is -2.23. The molecule has 0 fully saturated rings. The lowest BCUT2D eigenvalue weighted by molar-refractivity contribution is 0.305. The van der Waals surface area contributed by atoms with Crippen LogP contribution in [0.5, 0.6) is 5.75 Å². The Balaban J connectivity index is 1.57. The SMILES string of the molecule is CCCCC(CC)CNCCCCOc1ccc2ccccc2c1. The summed E-state index contributed by atoms with van der Waals surface area (Å²) in [7, 11) is 0. The molecule has 1 N–H and O–H groups in total. The number of rotatable bonds is 12. The molecule has 1 unspecified atom stereocenters. The first kappa shape index (κ1) is 18.8. The number of fused-ring (bicyclic) bond motifs is 1. The molecule has 2 nitrogen and oxygen atoms in total. The predicted molar refractivity (Wildman–Crippen MR) is 105 cm³/mol. The predicted octanol–water partition coefficient (Wildman–Crippen LogP) is 5.80. The molecule has 0 heterocycles. The highest BCUT2D eigenvalue weighted by atomic mass is 16.5. The van der Waals surface area contributed by atoms with Crippen LogP contribution in [0.3, 0.4) is 0 Å². The third-order valence-electron chi connectivity index (χ3n) is 4.71. The van der Waals surface area contributed by atoms with Crippen LogP contribution in [0.25, 0.3) is 10.8 Å². The normalized spacial score (nSPS) is 12.4. The molecule has 0 bridgehead atoms. The van der Waals surface area contributed by atoms with Crippen molar-refractivity contribution in [3.63, 3.8) is 0 Å². The maximum absolute atomic E-state index is 5.89. The maximum atomic E-state index is 5.89. The van der Waals surface area contributed by atoms with E-state index in [-0.39, 0.29) is 0 Å². The first-order valence-corrected chi connectivity index (χ1v) is 9.65. The fourth-order valence-electron chi connectivity index (χ4n) is 3.05. The van der Waals surface area contributed by atoms with Crippen LogP contribution >= 0.6 is 0 Å². The Morgan fingerprint density at radius 2 is 1.79 bits per heavy atom. The summed E-state index contributed by atoms with van der Waals surface area (Å²) in [6.07, 6.45) is 7.61. The third-order valence-corrected chi connectivity index (χ3v) is 4.71. The summed E-state index contributed by atoms with van der Waals surface area (Å²) in [5.41, 5.74) is 0. The maximum Gasteiger partial charge on any atom is 0.119 e. The van der Waals surface area contributed by atoms with Gasteiger partial charge in [-0.05, 0) is 61.2 Å². The Labute approximate surface area is 147 Å². The second-order valence-corrected chi connectivity index (χ2v) is 6.69. The number of hydrogen-bond donors (Lipinski definition) is 1. The van der Waals surface area contributed by atoms with E-state index in [1.165, 1.54) is 49.4 Å². The summed E-state index contributed by atoms with van der Waals surface area (Å²) < 4.78 is 5.89. The molecule has 2 rings (SSSR count). The van der Waals surface area contributed by atoms with Gasteiger partial charge in [-0.1, -0.05) is 63.4 Å². The fraction of sp³-hybridized carbons (Fsp3) is 0.545. The lowest BCUT2D eigenvalue weighted by atomic mass is 9.99. The third kappa shape index (κ3) is 6.52. The molecule has 0 spiro atoms. The van der Waals surface area contributed by atoms with Gasteiger partial charge in [-0.2, -0.15) is 0 Å². The molecule has 0 saturated heterocycles. The molecular weight excluding hydrogens is 294 g/mol. The first-order valence-electron chi connectivity index (χ1n) is 9.65. The van der Waals surface area contributed by atoms with Crippen LogP contribution in [0, 0.1) is 5.92 Å². The molecule has 0 aliphatic heterocycles. The topological polar surface area (TPSA) is 21.3 Å². The number of hydrogen-bond acceptors (Lipinski definition) is 2. The van der Waals surface area contributed by atoms with Gasteiger partial charge in [0.2, 0.25) is 0 Å². The lowest BCUT2D eigenvalue weighted by Gasteiger charge is -2.15. The number of ether oxygens (including phenoxy) is 1. The van der Waals surface area contributed by atoms with Crippen molar-refractivity contribution < 1.29 is 4.74 Å². The highest BCUT2D eigenvalue weighted by molar-refractivity contribution is 5.83. The van der Waals surface area contributed by atoms with Gasteiger partial charge < -0.3 is 10.1 Å². The molecule has 0 aliphatic carbocycles. The minimum absolute atomic E-state index is 0.799. The molecule has 1 atom stereocenters. The Hall–Kier alpha value is -1.54. The molecule has 132 valence electrons. The van der Waals surface area contributed by atoms with Gasteiger partial charge in [0.25, 0.3) is 0 Å². The van der Waals surface area contributed by atoms with Crippen LogP contribution in [0.15, 0.2) is 42.5 Å². The zero-order valence-corrected chi connectivity index (χ0v) is 15.4. The van der Waals surface area contributed by atoms with E-state index in [1.54, 1.807) is 0 Å². The zero-order valence-electron chi connectivity index (χ0n) is 15.4. The number of benzene rings is 2. The Bertz CT molecular complexity index is 581. The standard InChI is InChI=1S/C22H33NO/c1-3-5-10-19(4-2)18-23-15-8-9-16-24-22-14-13-20-11-6-7-12-21(20)17-22/h6-7,11-14,17,19,23H,3-5,8-10,15-16,18H2,1-2H3. The van der Waals surface area contributed by atoms with E-state index in [9.17, 15) is 0 Å².